The second-order valence-electron chi connectivity index (χ2n) is 4.70. The summed E-state index contributed by atoms with van der Waals surface area (Å²) in [6, 6.07) is 10.6. The van der Waals surface area contributed by atoms with Gasteiger partial charge in [0.2, 0.25) is 0 Å². The van der Waals surface area contributed by atoms with Gasteiger partial charge in [-0.25, -0.2) is 0 Å². The molecule has 1 aromatic carbocycles. The first kappa shape index (κ1) is 14.2. The fraction of sp³-hybridized carbons (Fsp3) is 0.571. The summed E-state index contributed by atoms with van der Waals surface area (Å²) in [6.07, 6.45) is 0. The highest BCUT2D eigenvalue weighted by molar-refractivity contribution is 5.13. The zero-order valence-electron chi connectivity index (χ0n) is 11.2. The van der Waals surface area contributed by atoms with E-state index in [1.54, 1.807) is 14.2 Å². The Labute approximate surface area is 105 Å². The lowest BCUT2D eigenvalue weighted by atomic mass is 10.2. The predicted octanol–water partition coefficient (Wildman–Crippen LogP) is 1.93. The molecule has 0 aliphatic heterocycles. The Morgan fingerprint density at radius 2 is 1.47 bits per heavy atom. The second-order valence-corrected chi connectivity index (χ2v) is 4.70. The van der Waals surface area contributed by atoms with Gasteiger partial charge in [-0.1, -0.05) is 30.3 Å². The van der Waals surface area contributed by atoms with Crippen LogP contribution in [0.5, 0.6) is 0 Å². The molecule has 0 fully saturated rings. The summed E-state index contributed by atoms with van der Waals surface area (Å²) in [5.74, 6) is 0. The summed E-state index contributed by atoms with van der Waals surface area (Å²) >= 11 is 0. The second kappa shape index (κ2) is 7.43. The number of rotatable bonds is 8. The van der Waals surface area contributed by atoms with Gasteiger partial charge in [0.05, 0.1) is 20.3 Å². The molecule has 0 unspecified atom stereocenters. The van der Waals surface area contributed by atoms with Gasteiger partial charge in [-0.3, -0.25) is 0 Å². The first-order valence-electron chi connectivity index (χ1n) is 6.05. The van der Waals surface area contributed by atoms with Crippen LogP contribution < -0.4 is 0 Å². The van der Waals surface area contributed by atoms with E-state index in [0.717, 1.165) is 37.3 Å². The Morgan fingerprint density at radius 1 is 0.941 bits per heavy atom. The molecule has 1 rings (SSSR count). The number of benzene rings is 1. The van der Waals surface area contributed by atoms with E-state index in [1.165, 1.54) is 5.56 Å². The van der Waals surface area contributed by atoms with Crippen LogP contribution >= 0.6 is 0 Å². The first-order chi connectivity index (χ1) is 8.20. The van der Waals surface area contributed by atoms with E-state index in [-0.39, 0.29) is 0 Å². The zero-order valence-corrected chi connectivity index (χ0v) is 11.2. The van der Waals surface area contributed by atoms with Crippen LogP contribution in [0.1, 0.15) is 5.56 Å². The highest BCUT2D eigenvalue weighted by Crippen LogP contribution is 2.11. The molecule has 3 heteroatoms. The van der Waals surface area contributed by atoms with Crippen molar-refractivity contribution < 1.29 is 14.0 Å². The number of ether oxygens (including phenoxy) is 2. The number of likely N-dealkylation sites (N-methyl/N-ethyl adjacent to an activating group) is 1. The summed E-state index contributed by atoms with van der Waals surface area (Å²) in [4.78, 5) is 0. The maximum atomic E-state index is 5.20. The van der Waals surface area contributed by atoms with Gasteiger partial charge in [0.1, 0.15) is 19.6 Å². The fourth-order valence-corrected chi connectivity index (χ4v) is 1.92. The Balaban J connectivity index is 2.61. The van der Waals surface area contributed by atoms with Crippen molar-refractivity contribution in [2.75, 3.05) is 47.6 Å². The summed E-state index contributed by atoms with van der Waals surface area (Å²) in [5, 5.41) is 0. The molecule has 0 aromatic heterocycles. The van der Waals surface area contributed by atoms with Gasteiger partial charge < -0.3 is 14.0 Å². The largest absolute Gasteiger partial charge is 0.379 e. The maximum absolute atomic E-state index is 5.20. The van der Waals surface area contributed by atoms with Crippen LogP contribution in [0.25, 0.3) is 0 Å². The van der Waals surface area contributed by atoms with Crippen molar-refractivity contribution in [1.29, 1.82) is 0 Å². The molecule has 0 amide bonds. The van der Waals surface area contributed by atoms with Crippen molar-refractivity contribution in [3.63, 3.8) is 0 Å². The third-order valence-electron chi connectivity index (χ3n) is 3.08. The minimum Gasteiger partial charge on any atom is -0.379 e. The molecule has 1 aromatic rings. The van der Waals surface area contributed by atoms with E-state index in [2.05, 4.69) is 37.4 Å². The maximum Gasteiger partial charge on any atom is 0.104 e. The van der Waals surface area contributed by atoms with E-state index in [0.29, 0.717) is 0 Å². The monoisotopic (exact) mass is 238 g/mol. The van der Waals surface area contributed by atoms with E-state index in [1.807, 2.05) is 0 Å². The SMILES string of the molecule is COCC[N+](C)(CCOC)Cc1ccccc1. The molecule has 96 valence electrons. The van der Waals surface area contributed by atoms with Crippen molar-refractivity contribution >= 4 is 0 Å². The number of quaternary nitrogens is 1. The zero-order chi connectivity index (χ0) is 12.6. The topological polar surface area (TPSA) is 18.5 Å². The smallest absolute Gasteiger partial charge is 0.104 e. The lowest BCUT2D eigenvalue weighted by Crippen LogP contribution is -2.47. The van der Waals surface area contributed by atoms with Crippen molar-refractivity contribution in [3.05, 3.63) is 35.9 Å². The Kier molecular flexibility index (Phi) is 6.19. The van der Waals surface area contributed by atoms with Crippen molar-refractivity contribution in [3.8, 4) is 0 Å². The van der Waals surface area contributed by atoms with E-state index in [4.69, 9.17) is 9.47 Å². The van der Waals surface area contributed by atoms with Crippen molar-refractivity contribution in [2.45, 2.75) is 6.54 Å². The van der Waals surface area contributed by atoms with E-state index >= 15 is 0 Å². The van der Waals surface area contributed by atoms with Crippen LogP contribution in [0.4, 0.5) is 0 Å². The third kappa shape index (κ3) is 5.31. The molecule has 0 spiro atoms. The predicted molar refractivity (Wildman–Crippen MR) is 69.8 cm³/mol. The molecule has 0 bridgehead atoms. The van der Waals surface area contributed by atoms with Crippen LogP contribution in [-0.4, -0.2) is 52.1 Å². The van der Waals surface area contributed by atoms with Gasteiger partial charge in [0, 0.05) is 19.8 Å². The third-order valence-corrected chi connectivity index (χ3v) is 3.08. The van der Waals surface area contributed by atoms with Crippen LogP contribution in [0.2, 0.25) is 0 Å². The van der Waals surface area contributed by atoms with Gasteiger partial charge in [0.25, 0.3) is 0 Å². The summed E-state index contributed by atoms with van der Waals surface area (Å²) in [6.45, 7) is 4.61. The molecule has 0 saturated carbocycles. The minimum absolute atomic E-state index is 0.785. The molecular weight excluding hydrogens is 214 g/mol. The van der Waals surface area contributed by atoms with E-state index in [9.17, 15) is 0 Å². The van der Waals surface area contributed by atoms with Crippen molar-refractivity contribution in [1.82, 2.24) is 0 Å². The highest BCUT2D eigenvalue weighted by Gasteiger charge is 2.21. The average molecular weight is 238 g/mol. The van der Waals surface area contributed by atoms with Crippen LogP contribution in [0, 0.1) is 0 Å². The van der Waals surface area contributed by atoms with E-state index < -0.39 is 0 Å². The fourth-order valence-electron chi connectivity index (χ4n) is 1.92. The summed E-state index contributed by atoms with van der Waals surface area (Å²) in [5.41, 5.74) is 1.36. The van der Waals surface area contributed by atoms with Gasteiger partial charge >= 0.3 is 0 Å². The quantitative estimate of drug-likeness (QED) is 0.644. The molecule has 0 N–H and O–H groups in total. The molecule has 3 nitrogen and oxygen atoms in total. The van der Waals surface area contributed by atoms with Gasteiger partial charge in [-0.05, 0) is 0 Å². The number of methoxy groups -OCH3 is 2. The van der Waals surface area contributed by atoms with Crippen LogP contribution in [0.15, 0.2) is 30.3 Å². The average Bonchev–Trinajstić information content (AvgIpc) is 2.35. The number of hydrogen-bond donors (Lipinski definition) is 0. The number of hydrogen-bond acceptors (Lipinski definition) is 2. The van der Waals surface area contributed by atoms with Crippen LogP contribution in [-0.2, 0) is 16.0 Å². The molecular formula is C14H24NO2+. The standard InChI is InChI=1S/C14H24NO2/c1-15(9-11-16-2,10-12-17-3)13-14-7-5-4-6-8-14/h4-8H,9-13H2,1-3H3/q+1. The molecule has 17 heavy (non-hydrogen) atoms. The first-order valence-corrected chi connectivity index (χ1v) is 6.05. The molecule has 0 radical (unpaired) electrons. The minimum atomic E-state index is 0.785. The summed E-state index contributed by atoms with van der Waals surface area (Å²) < 4.78 is 11.3. The summed E-state index contributed by atoms with van der Waals surface area (Å²) in [7, 11) is 5.76. The molecule has 0 aliphatic rings. The lowest BCUT2D eigenvalue weighted by Gasteiger charge is -2.34. The van der Waals surface area contributed by atoms with Gasteiger partial charge in [-0.15, -0.1) is 0 Å². The van der Waals surface area contributed by atoms with Gasteiger partial charge in [0.15, 0.2) is 0 Å². The Morgan fingerprint density at radius 3 is 1.94 bits per heavy atom. The van der Waals surface area contributed by atoms with Gasteiger partial charge in [-0.2, -0.15) is 0 Å². The Bertz CT molecular complexity index is 292. The van der Waals surface area contributed by atoms with Crippen LogP contribution in [0.3, 0.4) is 0 Å². The number of nitrogens with zero attached hydrogens (tertiary/aromatic N) is 1. The molecule has 0 atom stereocenters. The highest BCUT2D eigenvalue weighted by atomic mass is 16.5. The molecule has 0 heterocycles. The molecule has 0 saturated heterocycles. The lowest BCUT2D eigenvalue weighted by molar-refractivity contribution is -0.923. The Hall–Kier alpha value is -0.900. The molecule has 0 aliphatic carbocycles. The normalized spacial score (nSPS) is 11.7. The van der Waals surface area contributed by atoms with Crippen molar-refractivity contribution in [2.24, 2.45) is 0 Å².